The molecule has 0 atom stereocenters. The van der Waals surface area contributed by atoms with Gasteiger partial charge in [0.25, 0.3) is 0 Å². The Bertz CT molecular complexity index is 507. The van der Waals surface area contributed by atoms with Crippen molar-refractivity contribution in [1.29, 1.82) is 5.26 Å². The van der Waals surface area contributed by atoms with Crippen LogP contribution in [0.3, 0.4) is 0 Å². The minimum atomic E-state index is 0.488. The molecule has 2 rings (SSSR count). The third-order valence-electron chi connectivity index (χ3n) is 2.78. The van der Waals surface area contributed by atoms with Crippen LogP contribution in [0.4, 0.5) is 0 Å². The van der Waals surface area contributed by atoms with E-state index in [9.17, 15) is 0 Å². The molecule has 0 saturated carbocycles. The largest absolute Gasteiger partial charge is 0.361 e. The first-order valence-corrected chi connectivity index (χ1v) is 5.42. The fraction of sp³-hybridized carbons (Fsp3) is 0.308. The number of fused-ring (bicyclic) bond motifs is 1. The minimum absolute atomic E-state index is 0.488. The lowest BCUT2D eigenvalue weighted by Crippen LogP contribution is -2.21. The summed E-state index contributed by atoms with van der Waals surface area (Å²) >= 11 is 0. The third-order valence-corrected chi connectivity index (χ3v) is 2.78. The van der Waals surface area contributed by atoms with E-state index in [1.165, 1.54) is 16.5 Å². The molecule has 0 fully saturated rings. The predicted molar refractivity (Wildman–Crippen MR) is 65.1 cm³/mol. The summed E-state index contributed by atoms with van der Waals surface area (Å²) in [6, 6.07) is 10.5. The molecule has 0 aliphatic carbocycles. The maximum absolute atomic E-state index is 8.57. The number of H-pyrrole nitrogens is 1. The standard InChI is InChI=1S/C13H15N3/c1-16(9-7-14)8-6-11-10-15-13-5-3-2-4-12(11)13/h2-5,10,15H,6,8-9H2,1H3. The number of hydrogen-bond acceptors (Lipinski definition) is 2. The van der Waals surface area contributed by atoms with E-state index in [0.29, 0.717) is 6.54 Å². The summed E-state index contributed by atoms with van der Waals surface area (Å²) in [7, 11) is 1.97. The first kappa shape index (κ1) is 10.7. The van der Waals surface area contributed by atoms with E-state index in [1.807, 2.05) is 18.0 Å². The Morgan fingerprint density at radius 2 is 2.19 bits per heavy atom. The number of nitrogens with one attached hydrogen (secondary N) is 1. The van der Waals surface area contributed by atoms with Crippen molar-refractivity contribution in [2.24, 2.45) is 0 Å². The molecule has 0 bridgehead atoms. The molecule has 2 aromatic rings. The van der Waals surface area contributed by atoms with Crippen LogP contribution in [0.1, 0.15) is 5.56 Å². The molecule has 0 saturated heterocycles. The molecule has 3 nitrogen and oxygen atoms in total. The van der Waals surface area contributed by atoms with Crippen LogP contribution in [0.15, 0.2) is 30.5 Å². The van der Waals surface area contributed by atoms with E-state index >= 15 is 0 Å². The van der Waals surface area contributed by atoms with E-state index in [-0.39, 0.29) is 0 Å². The van der Waals surface area contributed by atoms with Crippen molar-refractivity contribution >= 4 is 10.9 Å². The van der Waals surface area contributed by atoms with Gasteiger partial charge in [-0.2, -0.15) is 5.26 Å². The maximum Gasteiger partial charge on any atom is 0.0863 e. The number of likely N-dealkylation sites (N-methyl/N-ethyl adjacent to an activating group) is 1. The molecular weight excluding hydrogens is 198 g/mol. The van der Waals surface area contributed by atoms with Crippen LogP contribution in [-0.4, -0.2) is 30.0 Å². The second-order valence-corrected chi connectivity index (χ2v) is 4.01. The number of hydrogen-bond donors (Lipinski definition) is 1. The van der Waals surface area contributed by atoms with Crippen LogP contribution in [0, 0.1) is 11.3 Å². The average Bonchev–Trinajstić information content (AvgIpc) is 2.70. The molecule has 1 aromatic heterocycles. The van der Waals surface area contributed by atoms with E-state index in [4.69, 9.17) is 5.26 Å². The lowest BCUT2D eigenvalue weighted by molar-refractivity contribution is 0.379. The van der Waals surface area contributed by atoms with Gasteiger partial charge in [-0.3, -0.25) is 4.90 Å². The van der Waals surface area contributed by atoms with Gasteiger partial charge >= 0.3 is 0 Å². The summed E-state index contributed by atoms with van der Waals surface area (Å²) in [6.07, 6.45) is 3.03. The summed E-state index contributed by atoms with van der Waals surface area (Å²) in [6.45, 7) is 1.40. The lowest BCUT2D eigenvalue weighted by atomic mass is 10.1. The first-order chi connectivity index (χ1) is 7.81. The number of para-hydroxylation sites is 1. The molecule has 0 radical (unpaired) electrons. The van der Waals surface area contributed by atoms with Crippen LogP contribution >= 0.6 is 0 Å². The zero-order valence-corrected chi connectivity index (χ0v) is 9.40. The summed E-state index contributed by atoms with van der Waals surface area (Å²) in [5.74, 6) is 0. The van der Waals surface area contributed by atoms with Crippen molar-refractivity contribution in [1.82, 2.24) is 9.88 Å². The Hall–Kier alpha value is -1.79. The Balaban J connectivity index is 2.08. The molecule has 0 amide bonds. The molecular formula is C13H15N3. The zero-order chi connectivity index (χ0) is 11.4. The van der Waals surface area contributed by atoms with E-state index in [1.54, 1.807) is 0 Å². The molecule has 82 valence electrons. The molecule has 0 unspecified atom stereocenters. The van der Waals surface area contributed by atoms with Crippen LogP contribution in [0.25, 0.3) is 10.9 Å². The highest BCUT2D eigenvalue weighted by Gasteiger charge is 2.04. The van der Waals surface area contributed by atoms with Gasteiger partial charge in [0, 0.05) is 23.6 Å². The number of nitrogens with zero attached hydrogens (tertiary/aromatic N) is 2. The molecule has 1 aromatic carbocycles. The molecule has 0 aliphatic heterocycles. The van der Waals surface area contributed by atoms with Gasteiger partial charge in [-0.1, -0.05) is 18.2 Å². The highest BCUT2D eigenvalue weighted by atomic mass is 15.1. The fourth-order valence-corrected chi connectivity index (χ4v) is 1.85. The quantitative estimate of drug-likeness (QED) is 0.791. The molecule has 3 heteroatoms. The summed E-state index contributed by atoms with van der Waals surface area (Å²) < 4.78 is 0. The molecule has 1 N–H and O–H groups in total. The van der Waals surface area contributed by atoms with Crippen molar-refractivity contribution < 1.29 is 0 Å². The Morgan fingerprint density at radius 1 is 1.38 bits per heavy atom. The second kappa shape index (κ2) is 4.82. The number of benzene rings is 1. The van der Waals surface area contributed by atoms with E-state index in [0.717, 1.165) is 13.0 Å². The van der Waals surface area contributed by atoms with Crippen LogP contribution in [-0.2, 0) is 6.42 Å². The summed E-state index contributed by atoms with van der Waals surface area (Å²) in [5, 5.41) is 9.85. The van der Waals surface area contributed by atoms with Crippen molar-refractivity contribution in [3.05, 3.63) is 36.0 Å². The monoisotopic (exact) mass is 213 g/mol. The van der Waals surface area contributed by atoms with E-state index in [2.05, 4.69) is 35.4 Å². The Kier molecular flexibility index (Phi) is 3.23. The summed E-state index contributed by atoms with van der Waals surface area (Å²) in [5.41, 5.74) is 2.50. The number of aromatic amines is 1. The maximum atomic E-state index is 8.57. The smallest absolute Gasteiger partial charge is 0.0863 e. The topological polar surface area (TPSA) is 42.8 Å². The second-order valence-electron chi connectivity index (χ2n) is 4.01. The van der Waals surface area contributed by atoms with Crippen molar-refractivity contribution in [3.8, 4) is 6.07 Å². The van der Waals surface area contributed by atoms with Crippen molar-refractivity contribution in [3.63, 3.8) is 0 Å². The van der Waals surface area contributed by atoms with Gasteiger partial charge in [-0.05, 0) is 25.1 Å². The number of nitriles is 1. The third kappa shape index (κ3) is 2.23. The zero-order valence-electron chi connectivity index (χ0n) is 9.40. The summed E-state index contributed by atoms with van der Waals surface area (Å²) in [4.78, 5) is 5.29. The molecule has 0 spiro atoms. The van der Waals surface area contributed by atoms with E-state index < -0.39 is 0 Å². The van der Waals surface area contributed by atoms with Gasteiger partial charge in [0.1, 0.15) is 0 Å². The van der Waals surface area contributed by atoms with Gasteiger partial charge in [-0.15, -0.1) is 0 Å². The molecule has 1 heterocycles. The van der Waals surface area contributed by atoms with Crippen LogP contribution in [0.5, 0.6) is 0 Å². The predicted octanol–water partition coefficient (Wildman–Crippen LogP) is 2.17. The van der Waals surface area contributed by atoms with Gasteiger partial charge in [0.05, 0.1) is 12.6 Å². The Morgan fingerprint density at radius 3 is 3.00 bits per heavy atom. The highest BCUT2D eigenvalue weighted by Crippen LogP contribution is 2.17. The molecule has 0 aliphatic rings. The normalized spacial score (nSPS) is 10.8. The highest BCUT2D eigenvalue weighted by molar-refractivity contribution is 5.83. The lowest BCUT2D eigenvalue weighted by Gasteiger charge is -2.11. The van der Waals surface area contributed by atoms with Gasteiger partial charge < -0.3 is 4.98 Å². The van der Waals surface area contributed by atoms with Gasteiger partial charge in [-0.25, -0.2) is 0 Å². The Labute approximate surface area is 95.3 Å². The average molecular weight is 213 g/mol. The van der Waals surface area contributed by atoms with Crippen LogP contribution in [0.2, 0.25) is 0 Å². The SMILES string of the molecule is CN(CC#N)CCc1c[nH]c2ccccc12. The van der Waals surface area contributed by atoms with Gasteiger partial charge in [0.15, 0.2) is 0 Å². The van der Waals surface area contributed by atoms with Crippen molar-refractivity contribution in [2.45, 2.75) is 6.42 Å². The first-order valence-electron chi connectivity index (χ1n) is 5.42. The fourth-order valence-electron chi connectivity index (χ4n) is 1.85. The van der Waals surface area contributed by atoms with Crippen molar-refractivity contribution in [2.75, 3.05) is 20.1 Å². The minimum Gasteiger partial charge on any atom is -0.361 e. The number of rotatable bonds is 4. The molecule has 16 heavy (non-hydrogen) atoms. The number of aromatic nitrogens is 1. The van der Waals surface area contributed by atoms with Gasteiger partial charge in [0.2, 0.25) is 0 Å². The van der Waals surface area contributed by atoms with Crippen LogP contribution < -0.4 is 0 Å².